The van der Waals surface area contributed by atoms with E-state index in [1.165, 1.54) is 89.9 Å². The molecule has 0 saturated heterocycles. The second-order valence-corrected chi connectivity index (χ2v) is 7.50. The molecule has 0 unspecified atom stereocenters. The number of rotatable bonds is 18. The van der Waals surface area contributed by atoms with Gasteiger partial charge in [0, 0.05) is 19.1 Å². The predicted octanol–water partition coefficient (Wildman–Crippen LogP) is 6.34. The second kappa shape index (κ2) is 16.8. The summed E-state index contributed by atoms with van der Waals surface area (Å²) in [6, 6.07) is 0. The Morgan fingerprint density at radius 3 is 1.52 bits per heavy atom. The Balaban J connectivity index is 4.11. The number of hydrogen-bond donors (Lipinski definition) is 1. The van der Waals surface area contributed by atoms with E-state index in [1.807, 2.05) is 7.11 Å². The molecule has 2 nitrogen and oxygen atoms in total. The second-order valence-electron chi connectivity index (χ2n) is 7.50. The lowest BCUT2D eigenvalue weighted by molar-refractivity contribution is 0.0612. The highest BCUT2D eigenvalue weighted by atomic mass is 16.5. The zero-order valence-corrected chi connectivity index (χ0v) is 16.7. The minimum absolute atomic E-state index is 0.360. The number of hydrogen-bond acceptors (Lipinski definition) is 2. The SMILES string of the molecule is CCCCCCCCC(CCCCCCCC)(CNC)COC. The Morgan fingerprint density at radius 2 is 1.13 bits per heavy atom. The van der Waals surface area contributed by atoms with Crippen molar-refractivity contribution < 1.29 is 4.74 Å². The van der Waals surface area contributed by atoms with Crippen molar-refractivity contribution in [2.24, 2.45) is 5.41 Å². The van der Waals surface area contributed by atoms with Crippen LogP contribution in [0.3, 0.4) is 0 Å². The Morgan fingerprint density at radius 1 is 0.696 bits per heavy atom. The van der Waals surface area contributed by atoms with Crippen LogP contribution in [0.1, 0.15) is 104 Å². The molecule has 140 valence electrons. The molecule has 1 N–H and O–H groups in total. The average Bonchev–Trinajstić information content (AvgIpc) is 2.54. The van der Waals surface area contributed by atoms with Gasteiger partial charge >= 0.3 is 0 Å². The van der Waals surface area contributed by atoms with Crippen molar-refractivity contribution in [2.75, 3.05) is 27.3 Å². The summed E-state index contributed by atoms with van der Waals surface area (Å²) in [5.41, 5.74) is 0.360. The number of methoxy groups -OCH3 is 1. The maximum Gasteiger partial charge on any atom is 0.0530 e. The van der Waals surface area contributed by atoms with E-state index >= 15 is 0 Å². The van der Waals surface area contributed by atoms with Gasteiger partial charge in [-0.3, -0.25) is 0 Å². The van der Waals surface area contributed by atoms with E-state index in [2.05, 4.69) is 26.2 Å². The molecular formula is C21H45NO. The first kappa shape index (κ1) is 22.9. The van der Waals surface area contributed by atoms with Crippen LogP contribution in [0.5, 0.6) is 0 Å². The first-order chi connectivity index (χ1) is 11.2. The summed E-state index contributed by atoms with van der Waals surface area (Å²) in [7, 11) is 3.96. The highest BCUT2D eigenvalue weighted by molar-refractivity contribution is 4.81. The van der Waals surface area contributed by atoms with Crippen LogP contribution in [-0.2, 0) is 4.74 Å². The van der Waals surface area contributed by atoms with Gasteiger partial charge in [0.1, 0.15) is 0 Å². The van der Waals surface area contributed by atoms with Crippen LogP contribution in [0, 0.1) is 5.41 Å². The van der Waals surface area contributed by atoms with Gasteiger partial charge in [-0.1, -0.05) is 90.9 Å². The summed E-state index contributed by atoms with van der Waals surface area (Å²) in [6.45, 7) is 6.59. The third kappa shape index (κ3) is 12.9. The molecule has 0 aliphatic carbocycles. The lowest BCUT2D eigenvalue weighted by Crippen LogP contribution is -2.36. The first-order valence-electron chi connectivity index (χ1n) is 10.4. The zero-order valence-electron chi connectivity index (χ0n) is 16.7. The van der Waals surface area contributed by atoms with Gasteiger partial charge in [-0.2, -0.15) is 0 Å². The molecule has 2 heteroatoms. The van der Waals surface area contributed by atoms with Crippen LogP contribution < -0.4 is 5.32 Å². The Kier molecular flexibility index (Phi) is 16.7. The van der Waals surface area contributed by atoms with Gasteiger partial charge in [-0.15, -0.1) is 0 Å². The summed E-state index contributed by atoms with van der Waals surface area (Å²) < 4.78 is 5.61. The topological polar surface area (TPSA) is 21.3 Å². The van der Waals surface area contributed by atoms with Gasteiger partial charge in [-0.05, 0) is 19.9 Å². The molecule has 0 heterocycles. The molecule has 0 aliphatic heterocycles. The molecule has 0 aromatic carbocycles. The van der Waals surface area contributed by atoms with Crippen LogP contribution in [-0.4, -0.2) is 27.3 Å². The van der Waals surface area contributed by atoms with Crippen LogP contribution in [0.25, 0.3) is 0 Å². The molecule has 0 aromatic rings. The van der Waals surface area contributed by atoms with E-state index in [0.29, 0.717) is 5.41 Å². The third-order valence-corrected chi connectivity index (χ3v) is 5.12. The van der Waals surface area contributed by atoms with E-state index in [1.54, 1.807) is 0 Å². The van der Waals surface area contributed by atoms with Crippen LogP contribution in [0.2, 0.25) is 0 Å². The van der Waals surface area contributed by atoms with E-state index in [0.717, 1.165) is 13.2 Å². The van der Waals surface area contributed by atoms with E-state index < -0.39 is 0 Å². The lowest BCUT2D eigenvalue weighted by atomic mass is 9.78. The molecule has 23 heavy (non-hydrogen) atoms. The molecule has 0 rings (SSSR count). The zero-order chi connectivity index (χ0) is 17.2. The first-order valence-corrected chi connectivity index (χ1v) is 10.4. The maximum absolute atomic E-state index is 5.61. The van der Waals surface area contributed by atoms with Crippen molar-refractivity contribution in [3.8, 4) is 0 Å². The van der Waals surface area contributed by atoms with Gasteiger partial charge < -0.3 is 10.1 Å². The highest BCUT2D eigenvalue weighted by Gasteiger charge is 2.28. The molecular weight excluding hydrogens is 282 g/mol. The molecule has 0 amide bonds. The van der Waals surface area contributed by atoms with Crippen molar-refractivity contribution in [1.29, 1.82) is 0 Å². The van der Waals surface area contributed by atoms with Crippen LogP contribution in [0.15, 0.2) is 0 Å². The molecule has 0 fully saturated rings. The fourth-order valence-electron chi connectivity index (χ4n) is 3.74. The van der Waals surface area contributed by atoms with Crippen LogP contribution in [0.4, 0.5) is 0 Å². The largest absolute Gasteiger partial charge is 0.384 e. The normalized spacial score (nSPS) is 12.0. The molecule has 0 bridgehead atoms. The number of ether oxygens (including phenoxy) is 1. The monoisotopic (exact) mass is 327 g/mol. The molecule has 0 aromatic heterocycles. The number of unbranched alkanes of at least 4 members (excludes halogenated alkanes) is 10. The van der Waals surface area contributed by atoms with Gasteiger partial charge in [-0.25, -0.2) is 0 Å². The maximum atomic E-state index is 5.61. The fraction of sp³-hybridized carbons (Fsp3) is 1.00. The van der Waals surface area contributed by atoms with Crippen molar-refractivity contribution in [3.63, 3.8) is 0 Å². The van der Waals surface area contributed by atoms with Gasteiger partial charge in [0.2, 0.25) is 0 Å². The van der Waals surface area contributed by atoms with E-state index in [-0.39, 0.29) is 0 Å². The molecule has 0 aliphatic rings. The summed E-state index contributed by atoms with van der Waals surface area (Å²) in [5.74, 6) is 0. The summed E-state index contributed by atoms with van der Waals surface area (Å²) in [4.78, 5) is 0. The van der Waals surface area contributed by atoms with Crippen LogP contribution >= 0.6 is 0 Å². The quantitative estimate of drug-likeness (QED) is 0.297. The van der Waals surface area contributed by atoms with Gasteiger partial charge in [0.05, 0.1) is 6.61 Å². The summed E-state index contributed by atoms with van der Waals surface area (Å²) in [6.07, 6.45) is 19.3. The summed E-state index contributed by atoms with van der Waals surface area (Å²) >= 11 is 0. The smallest absolute Gasteiger partial charge is 0.0530 e. The molecule has 0 spiro atoms. The van der Waals surface area contributed by atoms with Crippen molar-refractivity contribution in [2.45, 2.75) is 104 Å². The van der Waals surface area contributed by atoms with Crippen molar-refractivity contribution in [1.82, 2.24) is 5.32 Å². The number of nitrogens with one attached hydrogen (secondary N) is 1. The standard InChI is InChI=1S/C21H45NO/c1-5-7-9-11-13-15-17-21(19-22-3,20-23-4)18-16-14-12-10-8-6-2/h22H,5-20H2,1-4H3. The Labute approximate surface area is 147 Å². The minimum Gasteiger partial charge on any atom is -0.384 e. The minimum atomic E-state index is 0.360. The van der Waals surface area contributed by atoms with Crippen molar-refractivity contribution >= 4 is 0 Å². The van der Waals surface area contributed by atoms with E-state index in [9.17, 15) is 0 Å². The molecule has 0 radical (unpaired) electrons. The average molecular weight is 328 g/mol. The van der Waals surface area contributed by atoms with Gasteiger partial charge in [0.15, 0.2) is 0 Å². The Bertz CT molecular complexity index is 206. The molecule has 0 atom stereocenters. The molecule has 0 saturated carbocycles. The van der Waals surface area contributed by atoms with Crippen molar-refractivity contribution in [3.05, 3.63) is 0 Å². The summed E-state index contributed by atoms with van der Waals surface area (Å²) in [5, 5.41) is 3.44. The fourth-order valence-corrected chi connectivity index (χ4v) is 3.74. The van der Waals surface area contributed by atoms with Gasteiger partial charge in [0.25, 0.3) is 0 Å². The van der Waals surface area contributed by atoms with E-state index in [4.69, 9.17) is 4.74 Å². The third-order valence-electron chi connectivity index (χ3n) is 5.12. The lowest BCUT2D eigenvalue weighted by Gasteiger charge is -2.33. The predicted molar refractivity (Wildman–Crippen MR) is 104 cm³/mol. The highest BCUT2D eigenvalue weighted by Crippen LogP contribution is 2.32. The Hall–Kier alpha value is -0.0800.